The number of carbonyl (C=O) groups excluding carboxylic acids is 1. The van der Waals surface area contributed by atoms with Gasteiger partial charge in [0.25, 0.3) is 0 Å². The van der Waals surface area contributed by atoms with E-state index in [2.05, 4.69) is 12.1 Å². The zero-order chi connectivity index (χ0) is 17.5. The number of thioether (sulfide) groups is 1. The van der Waals surface area contributed by atoms with Crippen LogP contribution in [0.1, 0.15) is 30.6 Å². The van der Waals surface area contributed by atoms with Gasteiger partial charge in [0.05, 0.1) is 6.10 Å². The fourth-order valence-corrected chi connectivity index (χ4v) is 4.30. The second-order valence-electron chi connectivity index (χ2n) is 6.20. The number of hydrogen-bond acceptors (Lipinski definition) is 3. The van der Waals surface area contributed by atoms with Gasteiger partial charge in [0.2, 0.25) is 5.91 Å². The van der Waals surface area contributed by atoms with Gasteiger partial charge in [0, 0.05) is 24.6 Å². The molecular weight excluding hydrogens is 330 g/mol. The third-order valence-corrected chi connectivity index (χ3v) is 5.73. The lowest BCUT2D eigenvalue weighted by molar-refractivity contribution is -0.133. The van der Waals surface area contributed by atoms with Crippen LogP contribution in [0.25, 0.3) is 0 Å². The van der Waals surface area contributed by atoms with E-state index in [0.717, 1.165) is 43.0 Å². The maximum Gasteiger partial charge on any atom is 0.240 e. The highest BCUT2D eigenvalue weighted by Crippen LogP contribution is 2.37. The van der Waals surface area contributed by atoms with Crippen LogP contribution in [0.15, 0.2) is 65.6 Å². The van der Waals surface area contributed by atoms with Gasteiger partial charge < -0.3 is 9.64 Å². The minimum Gasteiger partial charge on any atom is -0.378 e. The average molecular weight is 356 g/mol. The average Bonchev–Trinajstić information content (AvgIpc) is 2.68. The van der Waals surface area contributed by atoms with Crippen LogP contribution in [0.3, 0.4) is 0 Å². The van der Waals surface area contributed by atoms with Crippen molar-refractivity contribution in [3.63, 3.8) is 0 Å². The molecule has 0 N–H and O–H groups in total. The molecule has 1 amide bonds. The van der Waals surface area contributed by atoms with Gasteiger partial charge in [-0.25, -0.2) is 0 Å². The normalized spacial score (nSPS) is 16.6. The number of nitrogens with zero attached hydrogens (tertiary/aromatic N) is 1. The highest BCUT2D eigenvalue weighted by molar-refractivity contribution is 8.00. The van der Waals surface area contributed by atoms with E-state index in [1.807, 2.05) is 60.4 Å². The largest absolute Gasteiger partial charge is 0.378 e. The van der Waals surface area contributed by atoms with Crippen molar-refractivity contribution in [3.8, 4) is 0 Å². The van der Waals surface area contributed by atoms with E-state index in [9.17, 15) is 4.79 Å². The van der Waals surface area contributed by atoms with Crippen molar-refractivity contribution >= 4 is 17.7 Å². The summed E-state index contributed by atoms with van der Waals surface area (Å²) < 4.78 is 5.71. The summed E-state index contributed by atoms with van der Waals surface area (Å²) in [5, 5.41) is -0.202. The van der Waals surface area contributed by atoms with Crippen LogP contribution in [0.5, 0.6) is 0 Å². The Labute approximate surface area is 154 Å². The summed E-state index contributed by atoms with van der Waals surface area (Å²) in [6.07, 6.45) is 2.15. The number of ether oxygens (including phenoxy) is 1. The van der Waals surface area contributed by atoms with E-state index in [1.54, 1.807) is 11.8 Å². The summed E-state index contributed by atoms with van der Waals surface area (Å²) >= 11 is 1.63. The van der Waals surface area contributed by atoms with E-state index in [0.29, 0.717) is 6.10 Å². The number of rotatable bonds is 6. The van der Waals surface area contributed by atoms with Crippen molar-refractivity contribution in [2.45, 2.75) is 36.0 Å². The van der Waals surface area contributed by atoms with Crippen LogP contribution >= 0.6 is 11.8 Å². The topological polar surface area (TPSA) is 29.5 Å². The Morgan fingerprint density at radius 3 is 2.28 bits per heavy atom. The van der Waals surface area contributed by atoms with Crippen LogP contribution in [-0.2, 0) is 9.53 Å². The molecule has 3 rings (SSSR count). The summed E-state index contributed by atoms with van der Waals surface area (Å²) in [6, 6.07) is 20.3. The van der Waals surface area contributed by atoms with Crippen molar-refractivity contribution in [1.29, 1.82) is 0 Å². The van der Waals surface area contributed by atoms with Crippen LogP contribution < -0.4 is 0 Å². The molecule has 132 valence electrons. The minimum absolute atomic E-state index is 0.202. The van der Waals surface area contributed by atoms with Crippen LogP contribution in [-0.4, -0.2) is 36.6 Å². The Kier molecular flexibility index (Phi) is 6.54. The SMILES string of the molecule is CCOC1CCN(C(=O)C(Sc2ccccc2)c2ccccc2)CC1. The van der Waals surface area contributed by atoms with Crippen LogP contribution in [0.4, 0.5) is 0 Å². The molecule has 1 heterocycles. The van der Waals surface area contributed by atoms with Crippen molar-refractivity contribution in [2.24, 2.45) is 0 Å². The molecule has 0 spiro atoms. The Morgan fingerprint density at radius 1 is 1.08 bits per heavy atom. The third kappa shape index (κ3) is 4.86. The number of likely N-dealkylation sites (tertiary alicyclic amines) is 1. The van der Waals surface area contributed by atoms with Gasteiger partial charge in [0.1, 0.15) is 5.25 Å². The molecule has 0 aliphatic carbocycles. The maximum atomic E-state index is 13.2. The van der Waals surface area contributed by atoms with E-state index >= 15 is 0 Å². The lowest BCUT2D eigenvalue weighted by Gasteiger charge is -2.34. The second kappa shape index (κ2) is 9.07. The number of amides is 1. The first-order valence-electron chi connectivity index (χ1n) is 8.95. The van der Waals surface area contributed by atoms with Crippen LogP contribution in [0, 0.1) is 0 Å². The number of benzene rings is 2. The molecule has 4 heteroatoms. The van der Waals surface area contributed by atoms with E-state index < -0.39 is 0 Å². The standard InChI is InChI=1S/C21H25NO2S/c1-2-24-18-13-15-22(16-14-18)21(23)20(17-9-5-3-6-10-17)25-19-11-7-4-8-12-19/h3-12,18,20H,2,13-16H2,1H3. The fourth-order valence-electron chi connectivity index (χ4n) is 3.17. The molecule has 0 saturated carbocycles. The van der Waals surface area contributed by atoms with Crippen molar-refractivity contribution in [1.82, 2.24) is 4.90 Å². The quantitative estimate of drug-likeness (QED) is 0.712. The maximum absolute atomic E-state index is 13.2. The lowest BCUT2D eigenvalue weighted by Crippen LogP contribution is -2.42. The van der Waals surface area contributed by atoms with Crippen molar-refractivity contribution in [3.05, 3.63) is 66.2 Å². The Balaban J connectivity index is 1.74. The molecule has 1 saturated heterocycles. The zero-order valence-electron chi connectivity index (χ0n) is 14.6. The van der Waals surface area contributed by atoms with Crippen LogP contribution in [0.2, 0.25) is 0 Å². The van der Waals surface area contributed by atoms with E-state index in [-0.39, 0.29) is 11.2 Å². The molecule has 25 heavy (non-hydrogen) atoms. The van der Waals surface area contributed by atoms with Gasteiger partial charge in [-0.05, 0) is 37.5 Å². The molecule has 1 atom stereocenters. The second-order valence-corrected chi connectivity index (χ2v) is 7.38. The molecule has 1 aliphatic heterocycles. The first-order chi connectivity index (χ1) is 12.3. The number of carbonyl (C=O) groups is 1. The fraction of sp³-hybridized carbons (Fsp3) is 0.381. The molecule has 2 aromatic rings. The smallest absolute Gasteiger partial charge is 0.240 e. The highest BCUT2D eigenvalue weighted by atomic mass is 32.2. The van der Waals surface area contributed by atoms with Gasteiger partial charge in [-0.3, -0.25) is 4.79 Å². The first kappa shape index (κ1) is 18.0. The van der Waals surface area contributed by atoms with E-state index in [4.69, 9.17) is 4.74 Å². The first-order valence-corrected chi connectivity index (χ1v) is 9.83. The molecule has 0 radical (unpaired) electrons. The molecule has 2 aromatic carbocycles. The number of hydrogen-bond donors (Lipinski definition) is 0. The van der Waals surface area contributed by atoms with Gasteiger partial charge in [-0.15, -0.1) is 11.8 Å². The minimum atomic E-state index is -0.202. The molecule has 1 aliphatic rings. The molecule has 0 bridgehead atoms. The van der Waals surface area contributed by atoms with Gasteiger partial charge in [-0.1, -0.05) is 48.5 Å². The Hall–Kier alpha value is -1.78. The molecule has 1 unspecified atom stereocenters. The number of piperidine rings is 1. The summed E-state index contributed by atoms with van der Waals surface area (Å²) in [4.78, 5) is 16.4. The summed E-state index contributed by atoms with van der Waals surface area (Å²) in [5.74, 6) is 0.204. The molecule has 3 nitrogen and oxygen atoms in total. The van der Waals surface area contributed by atoms with Gasteiger partial charge in [0.15, 0.2) is 0 Å². The zero-order valence-corrected chi connectivity index (χ0v) is 15.5. The van der Waals surface area contributed by atoms with Gasteiger partial charge in [-0.2, -0.15) is 0 Å². The summed E-state index contributed by atoms with van der Waals surface area (Å²) in [7, 11) is 0. The highest BCUT2D eigenvalue weighted by Gasteiger charge is 2.30. The summed E-state index contributed by atoms with van der Waals surface area (Å²) in [5.41, 5.74) is 1.06. The molecular formula is C21H25NO2S. The Bertz CT molecular complexity index is 654. The van der Waals surface area contributed by atoms with E-state index in [1.165, 1.54) is 0 Å². The molecule has 1 fully saturated rings. The Morgan fingerprint density at radius 2 is 1.68 bits per heavy atom. The third-order valence-electron chi connectivity index (χ3n) is 4.48. The van der Waals surface area contributed by atoms with Crippen molar-refractivity contribution < 1.29 is 9.53 Å². The predicted octanol–water partition coefficient (Wildman–Crippen LogP) is 4.55. The monoisotopic (exact) mass is 355 g/mol. The van der Waals surface area contributed by atoms with Crippen molar-refractivity contribution in [2.75, 3.05) is 19.7 Å². The lowest BCUT2D eigenvalue weighted by atomic mass is 10.1. The summed E-state index contributed by atoms with van der Waals surface area (Å²) in [6.45, 7) is 4.33. The van der Waals surface area contributed by atoms with Gasteiger partial charge >= 0.3 is 0 Å². The molecule has 0 aromatic heterocycles. The predicted molar refractivity (Wildman–Crippen MR) is 103 cm³/mol.